The molecule has 0 aliphatic heterocycles. The van der Waals surface area contributed by atoms with Gasteiger partial charge < -0.3 is 15.3 Å². The molecule has 0 heterocycles. The van der Waals surface area contributed by atoms with Crippen molar-refractivity contribution in [2.45, 2.75) is 77.1 Å². The van der Waals surface area contributed by atoms with Gasteiger partial charge in [0.05, 0.1) is 12.2 Å². The molecule has 3 saturated carbocycles. The lowest BCUT2D eigenvalue weighted by Crippen LogP contribution is -2.54. The standard InChI is InChI=1S/C19H30O3/c1-18-10-8-15(20)17(22)14(18)4-3-11-12-5-6-16(21)19(12,2)9-7-13(11)18/h4,11-13,15-17,20-22H,3,5-10H2,1-2H3. The van der Waals surface area contributed by atoms with Gasteiger partial charge >= 0.3 is 0 Å². The van der Waals surface area contributed by atoms with Gasteiger partial charge in [0.2, 0.25) is 0 Å². The molecule has 3 fully saturated rings. The van der Waals surface area contributed by atoms with Gasteiger partial charge in [0.25, 0.3) is 0 Å². The van der Waals surface area contributed by atoms with Crippen LogP contribution in [0.25, 0.3) is 0 Å². The number of hydrogen-bond donors (Lipinski definition) is 3. The molecule has 8 unspecified atom stereocenters. The van der Waals surface area contributed by atoms with E-state index in [0.29, 0.717) is 24.2 Å². The van der Waals surface area contributed by atoms with Crippen molar-refractivity contribution in [2.24, 2.45) is 28.6 Å². The van der Waals surface area contributed by atoms with E-state index in [1.807, 2.05) is 0 Å². The summed E-state index contributed by atoms with van der Waals surface area (Å²) in [5, 5.41) is 30.9. The number of hydrogen-bond acceptors (Lipinski definition) is 3. The largest absolute Gasteiger partial charge is 0.393 e. The Morgan fingerprint density at radius 2 is 1.73 bits per heavy atom. The van der Waals surface area contributed by atoms with Crippen LogP contribution in [0.5, 0.6) is 0 Å². The van der Waals surface area contributed by atoms with Crippen LogP contribution in [0.3, 0.4) is 0 Å². The third-order valence-corrected chi connectivity index (χ3v) is 8.12. The smallest absolute Gasteiger partial charge is 0.101 e. The van der Waals surface area contributed by atoms with Gasteiger partial charge in [0.15, 0.2) is 0 Å². The molecule has 3 N–H and O–H groups in total. The molecule has 3 nitrogen and oxygen atoms in total. The van der Waals surface area contributed by atoms with E-state index in [1.165, 1.54) is 0 Å². The lowest BCUT2D eigenvalue weighted by molar-refractivity contribution is -0.0882. The first-order chi connectivity index (χ1) is 10.4. The molecule has 0 amide bonds. The molecule has 124 valence electrons. The first-order valence-electron chi connectivity index (χ1n) is 9.12. The Hall–Kier alpha value is -0.380. The second kappa shape index (κ2) is 4.81. The molecule has 3 heteroatoms. The van der Waals surface area contributed by atoms with Crippen LogP contribution in [0.1, 0.15) is 58.8 Å². The maximum atomic E-state index is 10.5. The number of fused-ring (bicyclic) bond motifs is 5. The number of aliphatic hydroxyl groups excluding tert-OH is 3. The summed E-state index contributed by atoms with van der Waals surface area (Å²) in [6.45, 7) is 4.62. The van der Waals surface area contributed by atoms with E-state index in [9.17, 15) is 15.3 Å². The zero-order chi connectivity index (χ0) is 15.7. The van der Waals surface area contributed by atoms with Crippen LogP contribution in [0.4, 0.5) is 0 Å². The second-order valence-corrected chi connectivity index (χ2v) is 8.88. The van der Waals surface area contributed by atoms with Crippen molar-refractivity contribution in [2.75, 3.05) is 0 Å². The minimum atomic E-state index is -0.665. The average molecular weight is 306 g/mol. The van der Waals surface area contributed by atoms with Crippen LogP contribution in [0, 0.1) is 28.6 Å². The molecule has 0 aromatic carbocycles. The minimum absolute atomic E-state index is 0.0520. The van der Waals surface area contributed by atoms with E-state index in [4.69, 9.17) is 0 Å². The quantitative estimate of drug-likeness (QED) is 0.603. The Kier molecular flexibility index (Phi) is 3.32. The molecule has 0 spiro atoms. The Morgan fingerprint density at radius 3 is 2.50 bits per heavy atom. The molecule has 4 rings (SSSR count). The lowest BCUT2D eigenvalue weighted by Gasteiger charge is -2.58. The van der Waals surface area contributed by atoms with Crippen molar-refractivity contribution < 1.29 is 15.3 Å². The second-order valence-electron chi connectivity index (χ2n) is 8.88. The Labute approximate surface area is 133 Å². The number of aliphatic hydroxyl groups is 3. The fourth-order valence-electron chi connectivity index (χ4n) is 6.69. The molecule has 4 aliphatic carbocycles. The van der Waals surface area contributed by atoms with Gasteiger partial charge in [0, 0.05) is 0 Å². The minimum Gasteiger partial charge on any atom is -0.393 e. The SMILES string of the molecule is CC12CCC(O)C(O)C1=CCC1C2CCC2(C)C(O)CCC12. The third kappa shape index (κ3) is 1.79. The van der Waals surface area contributed by atoms with Crippen molar-refractivity contribution in [3.8, 4) is 0 Å². The van der Waals surface area contributed by atoms with Crippen LogP contribution in [-0.2, 0) is 0 Å². The topological polar surface area (TPSA) is 60.7 Å². The van der Waals surface area contributed by atoms with Crippen LogP contribution in [0.2, 0.25) is 0 Å². The van der Waals surface area contributed by atoms with Gasteiger partial charge in [-0.1, -0.05) is 19.9 Å². The van der Waals surface area contributed by atoms with E-state index in [0.717, 1.165) is 44.1 Å². The Balaban J connectivity index is 1.70. The highest BCUT2D eigenvalue weighted by Gasteiger charge is 2.59. The Bertz CT molecular complexity index is 501. The summed E-state index contributed by atoms with van der Waals surface area (Å²) in [4.78, 5) is 0. The first-order valence-corrected chi connectivity index (χ1v) is 9.12. The van der Waals surface area contributed by atoms with E-state index in [1.54, 1.807) is 0 Å². The van der Waals surface area contributed by atoms with Gasteiger partial charge in [-0.2, -0.15) is 0 Å². The van der Waals surface area contributed by atoms with Gasteiger partial charge in [0.1, 0.15) is 6.10 Å². The fraction of sp³-hybridized carbons (Fsp3) is 0.895. The van der Waals surface area contributed by atoms with Crippen LogP contribution < -0.4 is 0 Å². The van der Waals surface area contributed by atoms with Crippen LogP contribution in [-0.4, -0.2) is 33.6 Å². The molecule has 0 saturated heterocycles. The average Bonchev–Trinajstić information content (AvgIpc) is 2.79. The van der Waals surface area contributed by atoms with Crippen LogP contribution in [0.15, 0.2) is 11.6 Å². The molecule has 0 aromatic rings. The maximum absolute atomic E-state index is 10.5. The highest BCUT2D eigenvalue weighted by atomic mass is 16.3. The van der Waals surface area contributed by atoms with Gasteiger partial charge in [-0.15, -0.1) is 0 Å². The Morgan fingerprint density at radius 1 is 0.955 bits per heavy atom. The fourth-order valence-corrected chi connectivity index (χ4v) is 6.69. The van der Waals surface area contributed by atoms with Crippen LogP contribution >= 0.6 is 0 Å². The highest BCUT2D eigenvalue weighted by molar-refractivity contribution is 5.29. The third-order valence-electron chi connectivity index (χ3n) is 8.12. The molecule has 0 radical (unpaired) electrons. The van der Waals surface area contributed by atoms with Crippen molar-refractivity contribution in [3.63, 3.8) is 0 Å². The summed E-state index contributed by atoms with van der Waals surface area (Å²) in [5.74, 6) is 1.88. The summed E-state index contributed by atoms with van der Waals surface area (Å²) < 4.78 is 0. The zero-order valence-electron chi connectivity index (χ0n) is 13.8. The summed E-state index contributed by atoms with van der Waals surface area (Å²) in [7, 11) is 0. The predicted octanol–water partition coefficient (Wildman–Crippen LogP) is 2.64. The van der Waals surface area contributed by atoms with Gasteiger partial charge in [-0.05, 0) is 79.1 Å². The molecule has 22 heavy (non-hydrogen) atoms. The summed E-state index contributed by atoms with van der Waals surface area (Å²) in [6.07, 6.45) is 7.97. The van der Waals surface area contributed by atoms with E-state index < -0.39 is 12.2 Å². The lowest BCUT2D eigenvalue weighted by atomic mass is 9.47. The van der Waals surface area contributed by atoms with E-state index >= 15 is 0 Å². The molecule has 8 atom stereocenters. The predicted molar refractivity (Wildman–Crippen MR) is 85.1 cm³/mol. The number of rotatable bonds is 0. The van der Waals surface area contributed by atoms with Crippen molar-refractivity contribution in [1.29, 1.82) is 0 Å². The van der Waals surface area contributed by atoms with Gasteiger partial charge in [-0.3, -0.25) is 0 Å². The highest BCUT2D eigenvalue weighted by Crippen LogP contribution is 2.64. The summed E-state index contributed by atoms with van der Waals surface area (Å²) >= 11 is 0. The summed E-state index contributed by atoms with van der Waals surface area (Å²) in [6, 6.07) is 0. The molecular weight excluding hydrogens is 276 g/mol. The van der Waals surface area contributed by atoms with Crippen molar-refractivity contribution in [1.82, 2.24) is 0 Å². The maximum Gasteiger partial charge on any atom is 0.101 e. The molecule has 0 aromatic heterocycles. The molecule has 4 aliphatic rings. The summed E-state index contributed by atoms with van der Waals surface area (Å²) in [5.41, 5.74) is 1.26. The zero-order valence-corrected chi connectivity index (χ0v) is 13.8. The van der Waals surface area contributed by atoms with E-state index in [-0.39, 0.29) is 16.9 Å². The molecule has 0 bridgehead atoms. The first kappa shape index (κ1) is 15.2. The van der Waals surface area contributed by atoms with Gasteiger partial charge in [-0.25, -0.2) is 0 Å². The van der Waals surface area contributed by atoms with E-state index in [2.05, 4.69) is 19.9 Å². The normalized spacial score (nSPS) is 57.6. The van der Waals surface area contributed by atoms with Crippen molar-refractivity contribution >= 4 is 0 Å². The monoisotopic (exact) mass is 306 g/mol. The van der Waals surface area contributed by atoms with Crippen molar-refractivity contribution in [3.05, 3.63) is 11.6 Å². The molecular formula is C19H30O3. The number of allylic oxidation sites excluding steroid dienone is 1.